The van der Waals surface area contributed by atoms with E-state index in [4.69, 9.17) is 4.74 Å². The van der Waals surface area contributed by atoms with E-state index in [0.717, 1.165) is 17.0 Å². The van der Waals surface area contributed by atoms with Gasteiger partial charge < -0.3 is 9.84 Å². The summed E-state index contributed by atoms with van der Waals surface area (Å²) in [5.74, 6) is 1.40. The first-order valence-corrected chi connectivity index (χ1v) is 9.46. The number of phenols is 1. The topological polar surface area (TPSA) is 46.5 Å². The summed E-state index contributed by atoms with van der Waals surface area (Å²) in [4.78, 5) is 11.9. The van der Waals surface area contributed by atoms with Crippen molar-refractivity contribution in [2.24, 2.45) is 11.3 Å². The van der Waals surface area contributed by atoms with Gasteiger partial charge in [-0.05, 0) is 62.1 Å². The van der Waals surface area contributed by atoms with Crippen molar-refractivity contribution in [3.63, 3.8) is 0 Å². The highest BCUT2D eigenvalue weighted by Crippen LogP contribution is 2.33. The first-order chi connectivity index (χ1) is 12.3. The van der Waals surface area contributed by atoms with E-state index in [2.05, 4.69) is 34.6 Å². The number of esters is 1. The van der Waals surface area contributed by atoms with Gasteiger partial charge in [0.05, 0.1) is 5.41 Å². The molecule has 0 spiro atoms. The molecule has 2 aromatic rings. The Morgan fingerprint density at radius 2 is 1.19 bits per heavy atom. The zero-order valence-corrected chi connectivity index (χ0v) is 18.0. The number of rotatable bonds is 3. The molecular weight excluding hydrogens is 336 g/mol. The molecule has 0 atom stereocenters. The second-order valence-corrected chi connectivity index (χ2v) is 9.07. The molecule has 0 aliphatic heterocycles. The Morgan fingerprint density at radius 3 is 1.56 bits per heavy atom. The molecule has 0 heterocycles. The van der Waals surface area contributed by atoms with Crippen molar-refractivity contribution < 1.29 is 14.6 Å². The predicted molar refractivity (Wildman–Crippen MR) is 112 cm³/mol. The molecule has 3 heteroatoms. The van der Waals surface area contributed by atoms with Crippen LogP contribution in [0.3, 0.4) is 0 Å². The number of ether oxygens (including phenoxy) is 1. The third-order valence-electron chi connectivity index (χ3n) is 3.99. The van der Waals surface area contributed by atoms with E-state index < -0.39 is 5.41 Å². The number of carbonyl (C=O) groups is 1. The minimum absolute atomic E-state index is 0.208. The van der Waals surface area contributed by atoms with Gasteiger partial charge in [0.25, 0.3) is 0 Å². The van der Waals surface area contributed by atoms with Crippen molar-refractivity contribution in [2.45, 2.75) is 60.8 Å². The normalized spacial score (nSPS) is 11.6. The van der Waals surface area contributed by atoms with Crippen molar-refractivity contribution in [1.29, 1.82) is 0 Å². The van der Waals surface area contributed by atoms with Crippen LogP contribution < -0.4 is 4.74 Å². The van der Waals surface area contributed by atoms with Crippen molar-refractivity contribution >= 4 is 5.97 Å². The molecule has 27 heavy (non-hydrogen) atoms. The van der Waals surface area contributed by atoms with Gasteiger partial charge in [0.2, 0.25) is 0 Å². The summed E-state index contributed by atoms with van der Waals surface area (Å²) in [6.45, 7) is 16.2. The lowest BCUT2D eigenvalue weighted by molar-refractivity contribution is -0.142. The molecule has 0 aliphatic rings. The summed E-state index contributed by atoms with van der Waals surface area (Å²) < 4.78 is 5.40. The smallest absolute Gasteiger partial charge is 0.316 e. The minimum Gasteiger partial charge on any atom is -0.508 e. The molecule has 2 aromatic carbocycles. The summed E-state index contributed by atoms with van der Waals surface area (Å²) in [5.41, 5.74) is 1.48. The lowest BCUT2D eigenvalue weighted by atomic mass is 9.78. The largest absolute Gasteiger partial charge is 0.508 e. The standard InChI is InChI=1S/C20H24O3.C4H10/c1-19(2,3)18(22)23-17-12-8-15(9-13-17)20(4,5)14-6-10-16(21)11-7-14;1-4(2)3/h6-13,21H,1-5H3;4H,1-3H3. The van der Waals surface area contributed by atoms with Crippen molar-refractivity contribution in [3.05, 3.63) is 59.7 Å². The fraction of sp³-hybridized carbons (Fsp3) is 0.458. The third-order valence-corrected chi connectivity index (χ3v) is 3.99. The average molecular weight is 371 g/mol. The summed E-state index contributed by atoms with van der Waals surface area (Å²) in [6.07, 6.45) is 0. The van der Waals surface area contributed by atoms with Crippen molar-refractivity contribution in [1.82, 2.24) is 0 Å². The number of hydrogen-bond donors (Lipinski definition) is 1. The molecule has 0 amide bonds. The second-order valence-electron chi connectivity index (χ2n) is 9.07. The molecule has 3 nitrogen and oxygen atoms in total. The SMILES string of the molecule is CC(C)(C)C(=O)Oc1ccc(C(C)(C)c2ccc(O)cc2)cc1.CC(C)C. The van der Waals surface area contributed by atoms with Crippen LogP contribution in [0.25, 0.3) is 0 Å². The van der Waals surface area contributed by atoms with Crippen LogP contribution in [0.2, 0.25) is 0 Å². The lowest BCUT2D eigenvalue weighted by Crippen LogP contribution is -2.25. The van der Waals surface area contributed by atoms with Gasteiger partial charge in [-0.25, -0.2) is 0 Å². The monoisotopic (exact) mass is 370 g/mol. The molecule has 0 aliphatic carbocycles. The molecule has 0 bridgehead atoms. The van der Waals surface area contributed by atoms with Crippen LogP contribution in [0.4, 0.5) is 0 Å². The maximum absolute atomic E-state index is 11.9. The average Bonchev–Trinajstić information content (AvgIpc) is 2.54. The quantitative estimate of drug-likeness (QED) is 0.507. The van der Waals surface area contributed by atoms with Gasteiger partial charge in [-0.3, -0.25) is 4.79 Å². The van der Waals surface area contributed by atoms with Crippen molar-refractivity contribution in [3.8, 4) is 11.5 Å². The van der Waals surface area contributed by atoms with Crippen LogP contribution in [0.15, 0.2) is 48.5 Å². The van der Waals surface area contributed by atoms with Gasteiger partial charge in [0.1, 0.15) is 11.5 Å². The highest BCUT2D eigenvalue weighted by molar-refractivity contribution is 5.77. The second kappa shape index (κ2) is 9.07. The fourth-order valence-electron chi connectivity index (χ4n) is 2.24. The first-order valence-electron chi connectivity index (χ1n) is 9.46. The highest BCUT2D eigenvalue weighted by Gasteiger charge is 2.25. The summed E-state index contributed by atoms with van der Waals surface area (Å²) >= 11 is 0. The Balaban J connectivity index is 0.000000828. The Kier molecular flexibility index (Phi) is 7.65. The number of phenolic OH excluding ortho intramolecular Hbond substituents is 1. The van der Waals surface area contributed by atoms with E-state index in [1.165, 1.54) is 0 Å². The molecule has 1 N–H and O–H groups in total. The zero-order chi connectivity index (χ0) is 20.8. The number of aromatic hydroxyl groups is 1. The van der Waals surface area contributed by atoms with Crippen LogP contribution in [0, 0.1) is 11.3 Å². The zero-order valence-electron chi connectivity index (χ0n) is 18.0. The summed E-state index contributed by atoms with van der Waals surface area (Å²) in [6, 6.07) is 14.8. The molecular formula is C24H34O3. The molecule has 0 unspecified atom stereocenters. The summed E-state index contributed by atoms with van der Waals surface area (Å²) in [7, 11) is 0. The fourth-order valence-corrected chi connectivity index (χ4v) is 2.24. The first kappa shape index (κ1) is 22.8. The van der Waals surface area contributed by atoms with Gasteiger partial charge in [-0.2, -0.15) is 0 Å². The van der Waals surface area contributed by atoms with Crippen LogP contribution in [-0.2, 0) is 10.2 Å². The van der Waals surface area contributed by atoms with E-state index in [9.17, 15) is 9.90 Å². The maximum atomic E-state index is 11.9. The molecule has 0 aromatic heterocycles. The minimum atomic E-state index is -0.524. The predicted octanol–water partition coefficient (Wildman–Crippen LogP) is 6.33. The Morgan fingerprint density at radius 1 is 0.815 bits per heavy atom. The Hall–Kier alpha value is -2.29. The van der Waals surface area contributed by atoms with Gasteiger partial charge in [-0.15, -0.1) is 0 Å². The van der Waals surface area contributed by atoms with Crippen LogP contribution >= 0.6 is 0 Å². The van der Waals surface area contributed by atoms with E-state index >= 15 is 0 Å². The van der Waals surface area contributed by atoms with E-state index in [1.54, 1.807) is 12.1 Å². The molecule has 148 valence electrons. The van der Waals surface area contributed by atoms with Gasteiger partial charge >= 0.3 is 5.97 Å². The molecule has 0 saturated carbocycles. The van der Waals surface area contributed by atoms with Crippen LogP contribution in [-0.4, -0.2) is 11.1 Å². The van der Waals surface area contributed by atoms with Gasteiger partial charge in [0.15, 0.2) is 0 Å². The molecule has 0 radical (unpaired) electrons. The van der Waals surface area contributed by atoms with Crippen LogP contribution in [0.1, 0.15) is 66.5 Å². The number of hydrogen-bond acceptors (Lipinski definition) is 3. The Labute approximate surface area is 164 Å². The highest BCUT2D eigenvalue weighted by atomic mass is 16.5. The van der Waals surface area contributed by atoms with E-state index in [0.29, 0.717) is 5.75 Å². The molecule has 2 rings (SSSR count). The number of benzene rings is 2. The van der Waals surface area contributed by atoms with E-state index in [1.807, 2.05) is 57.2 Å². The molecule has 0 saturated heterocycles. The van der Waals surface area contributed by atoms with Gasteiger partial charge in [0, 0.05) is 5.41 Å². The lowest BCUT2D eigenvalue weighted by Gasteiger charge is -2.26. The van der Waals surface area contributed by atoms with Gasteiger partial charge in [-0.1, -0.05) is 58.9 Å². The third kappa shape index (κ3) is 7.09. The summed E-state index contributed by atoms with van der Waals surface area (Å²) in [5, 5.41) is 9.43. The maximum Gasteiger partial charge on any atom is 0.316 e. The van der Waals surface area contributed by atoms with E-state index in [-0.39, 0.29) is 17.1 Å². The molecule has 0 fully saturated rings. The van der Waals surface area contributed by atoms with Crippen molar-refractivity contribution in [2.75, 3.05) is 0 Å². The van der Waals surface area contributed by atoms with Crippen LogP contribution in [0.5, 0.6) is 11.5 Å². The number of carbonyl (C=O) groups excluding carboxylic acids is 1. The Bertz CT molecular complexity index is 715.